The maximum atomic E-state index is 12.6. The van der Waals surface area contributed by atoms with Crippen molar-refractivity contribution in [2.75, 3.05) is 26.8 Å². The molecule has 1 aromatic rings. The Balaban J connectivity index is 2.84. The summed E-state index contributed by atoms with van der Waals surface area (Å²) in [5.74, 6) is -0.00438. The highest BCUT2D eigenvalue weighted by Gasteiger charge is 2.24. The van der Waals surface area contributed by atoms with E-state index in [2.05, 4.69) is 18.8 Å². The van der Waals surface area contributed by atoms with Gasteiger partial charge in [-0.2, -0.15) is 0 Å². The summed E-state index contributed by atoms with van der Waals surface area (Å²) in [6.07, 6.45) is 2.60. The van der Waals surface area contributed by atoms with Crippen molar-refractivity contribution < 1.29 is 9.53 Å². The third kappa shape index (κ3) is 4.54. The molecule has 5 nitrogen and oxygen atoms in total. The fourth-order valence-electron chi connectivity index (χ4n) is 2.16. The number of amides is 1. The van der Waals surface area contributed by atoms with Gasteiger partial charge < -0.3 is 15.4 Å². The Hall–Kier alpha value is -0.980. The van der Waals surface area contributed by atoms with E-state index >= 15 is 0 Å². The van der Waals surface area contributed by atoms with Gasteiger partial charge in [-0.25, -0.2) is 4.98 Å². The Labute approximate surface area is 125 Å². The summed E-state index contributed by atoms with van der Waals surface area (Å²) in [5.41, 5.74) is 6.05. The summed E-state index contributed by atoms with van der Waals surface area (Å²) in [6, 6.07) is 0.234. The minimum atomic E-state index is -0.00438. The lowest BCUT2D eigenvalue weighted by Crippen LogP contribution is -2.42. The highest BCUT2D eigenvalue weighted by atomic mass is 32.1. The SMILES string of the molecule is CCC(CC)N(CCOC)C(=O)c1csc(CCN)n1. The third-order valence-electron chi connectivity index (χ3n) is 3.31. The summed E-state index contributed by atoms with van der Waals surface area (Å²) in [7, 11) is 1.65. The number of nitrogens with two attached hydrogens (primary N) is 1. The second-order valence-corrected chi connectivity index (χ2v) is 5.57. The molecule has 0 fully saturated rings. The third-order valence-corrected chi connectivity index (χ3v) is 4.22. The zero-order valence-corrected chi connectivity index (χ0v) is 13.4. The van der Waals surface area contributed by atoms with Crippen LogP contribution in [-0.4, -0.2) is 48.6 Å². The Bertz CT molecular complexity index is 405. The van der Waals surface area contributed by atoms with Gasteiger partial charge in [-0.15, -0.1) is 11.3 Å². The molecule has 0 saturated carbocycles. The average Bonchev–Trinajstić information content (AvgIpc) is 2.92. The molecule has 6 heteroatoms. The van der Waals surface area contributed by atoms with E-state index in [4.69, 9.17) is 10.5 Å². The van der Waals surface area contributed by atoms with Gasteiger partial charge in [0, 0.05) is 31.5 Å². The Morgan fingerprint density at radius 1 is 1.50 bits per heavy atom. The fourth-order valence-corrected chi connectivity index (χ4v) is 2.95. The fraction of sp³-hybridized carbons (Fsp3) is 0.714. The monoisotopic (exact) mass is 299 g/mol. The number of thiazole rings is 1. The van der Waals surface area contributed by atoms with Gasteiger partial charge in [-0.3, -0.25) is 4.79 Å². The van der Waals surface area contributed by atoms with Crippen molar-refractivity contribution in [2.24, 2.45) is 5.73 Å². The van der Waals surface area contributed by atoms with E-state index < -0.39 is 0 Å². The molecule has 1 aromatic heterocycles. The Morgan fingerprint density at radius 2 is 2.20 bits per heavy atom. The standard InChI is InChI=1S/C14H25N3O2S/c1-4-11(5-2)17(8-9-19-3)14(18)12-10-20-13(16-12)6-7-15/h10-11H,4-9,15H2,1-3H3. The van der Waals surface area contributed by atoms with Crippen molar-refractivity contribution in [3.05, 3.63) is 16.1 Å². The molecule has 1 rings (SSSR count). The quantitative estimate of drug-likeness (QED) is 0.756. The normalized spacial score (nSPS) is 11.1. The Kier molecular flexibility index (Phi) is 7.72. The van der Waals surface area contributed by atoms with Crippen molar-refractivity contribution in [1.82, 2.24) is 9.88 Å². The lowest BCUT2D eigenvalue weighted by molar-refractivity contribution is 0.0584. The zero-order valence-electron chi connectivity index (χ0n) is 12.6. The highest BCUT2D eigenvalue weighted by Crippen LogP contribution is 2.16. The largest absolute Gasteiger partial charge is 0.383 e. The van der Waals surface area contributed by atoms with E-state index in [9.17, 15) is 4.79 Å². The first-order chi connectivity index (χ1) is 9.67. The number of hydrogen-bond acceptors (Lipinski definition) is 5. The first kappa shape index (κ1) is 17.1. The van der Waals surface area contributed by atoms with E-state index in [-0.39, 0.29) is 11.9 Å². The minimum absolute atomic E-state index is 0.00438. The smallest absolute Gasteiger partial charge is 0.273 e. The summed E-state index contributed by atoms with van der Waals surface area (Å²) in [4.78, 5) is 18.9. The molecule has 2 N–H and O–H groups in total. The second-order valence-electron chi connectivity index (χ2n) is 4.63. The van der Waals surface area contributed by atoms with E-state index in [0.29, 0.717) is 25.4 Å². The summed E-state index contributed by atoms with van der Waals surface area (Å²) >= 11 is 1.50. The van der Waals surface area contributed by atoms with Crippen LogP contribution < -0.4 is 5.73 Å². The van der Waals surface area contributed by atoms with Gasteiger partial charge in [0.2, 0.25) is 0 Å². The summed E-state index contributed by atoms with van der Waals surface area (Å²) in [5, 5.41) is 2.75. The van der Waals surface area contributed by atoms with Crippen LogP contribution in [0.15, 0.2) is 5.38 Å². The predicted molar refractivity (Wildman–Crippen MR) is 82.2 cm³/mol. The van der Waals surface area contributed by atoms with Crippen LogP contribution >= 0.6 is 11.3 Å². The lowest BCUT2D eigenvalue weighted by atomic mass is 10.1. The molecule has 0 aliphatic heterocycles. The number of hydrogen-bond donors (Lipinski definition) is 1. The van der Waals surface area contributed by atoms with E-state index in [1.165, 1.54) is 11.3 Å². The van der Waals surface area contributed by atoms with Crippen LogP contribution in [0.1, 0.15) is 42.2 Å². The molecule has 0 saturated heterocycles. The van der Waals surface area contributed by atoms with Gasteiger partial charge in [0.05, 0.1) is 11.6 Å². The molecule has 20 heavy (non-hydrogen) atoms. The summed E-state index contributed by atoms with van der Waals surface area (Å²) < 4.78 is 5.11. The van der Waals surface area contributed by atoms with Crippen molar-refractivity contribution in [1.29, 1.82) is 0 Å². The zero-order chi connectivity index (χ0) is 15.0. The van der Waals surface area contributed by atoms with Gasteiger partial charge in [0.1, 0.15) is 5.69 Å². The average molecular weight is 299 g/mol. The molecule has 0 aromatic carbocycles. The predicted octanol–water partition coefficient (Wildman–Crippen LogP) is 1.92. The maximum Gasteiger partial charge on any atom is 0.273 e. The molecule has 0 unspecified atom stereocenters. The van der Waals surface area contributed by atoms with Crippen LogP contribution in [0.5, 0.6) is 0 Å². The molecule has 1 amide bonds. The summed E-state index contributed by atoms with van der Waals surface area (Å²) in [6.45, 7) is 5.90. The van der Waals surface area contributed by atoms with Crippen LogP contribution in [-0.2, 0) is 11.2 Å². The van der Waals surface area contributed by atoms with Gasteiger partial charge in [0.15, 0.2) is 0 Å². The molecular weight excluding hydrogens is 274 g/mol. The number of ether oxygens (including phenoxy) is 1. The van der Waals surface area contributed by atoms with Crippen molar-refractivity contribution >= 4 is 17.2 Å². The molecule has 0 radical (unpaired) electrons. The van der Waals surface area contributed by atoms with E-state index in [1.54, 1.807) is 7.11 Å². The number of aromatic nitrogens is 1. The maximum absolute atomic E-state index is 12.6. The van der Waals surface area contributed by atoms with Crippen molar-refractivity contribution in [2.45, 2.75) is 39.2 Å². The number of rotatable bonds is 9. The molecule has 0 aliphatic carbocycles. The van der Waals surface area contributed by atoms with Crippen LogP contribution in [0.25, 0.3) is 0 Å². The lowest BCUT2D eigenvalue weighted by Gasteiger charge is -2.29. The van der Waals surface area contributed by atoms with Gasteiger partial charge in [-0.05, 0) is 19.4 Å². The van der Waals surface area contributed by atoms with Crippen molar-refractivity contribution in [3.8, 4) is 0 Å². The van der Waals surface area contributed by atoms with Crippen LogP contribution in [0.3, 0.4) is 0 Å². The molecule has 1 heterocycles. The number of carbonyl (C=O) groups is 1. The highest BCUT2D eigenvalue weighted by molar-refractivity contribution is 7.09. The molecule has 114 valence electrons. The van der Waals surface area contributed by atoms with Crippen LogP contribution in [0.2, 0.25) is 0 Å². The number of carbonyl (C=O) groups excluding carboxylic acids is 1. The van der Waals surface area contributed by atoms with E-state index in [0.717, 1.165) is 24.3 Å². The van der Waals surface area contributed by atoms with E-state index in [1.807, 2.05) is 10.3 Å². The topological polar surface area (TPSA) is 68.5 Å². The molecule has 0 atom stereocenters. The van der Waals surface area contributed by atoms with Crippen LogP contribution in [0.4, 0.5) is 0 Å². The first-order valence-corrected chi connectivity index (χ1v) is 8.00. The minimum Gasteiger partial charge on any atom is -0.383 e. The van der Waals surface area contributed by atoms with Gasteiger partial charge >= 0.3 is 0 Å². The van der Waals surface area contributed by atoms with Gasteiger partial charge in [-0.1, -0.05) is 13.8 Å². The van der Waals surface area contributed by atoms with Crippen molar-refractivity contribution in [3.63, 3.8) is 0 Å². The van der Waals surface area contributed by atoms with Crippen LogP contribution in [0, 0.1) is 0 Å². The number of nitrogens with zero attached hydrogens (tertiary/aromatic N) is 2. The molecule has 0 bridgehead atoms. The van der Waals surface area contributed by atoms with Gasteiger partial charge in [0.25, 0.3) is 5.91 Å². The first-order valence-electron chi connectivity index (χ1n) is 7.12. The molecular formula is C14H25N3O2S. The Morgan fingerprint density at radius 3 is 2.75 bits per heavy atom. The second kappa shape index (κ2) is 9.05. The molecule has 0 spiro atoms. The number of methoxy groups -OCH3 is 1. The molecule has 0 aliphatic rings.